The van der Waals surface area contributed by atoms with Crippen LogP contribution in [0.5, 0.6) is 0 Å². The van der Waals surface area contributed by atoms with Gasteiger partial charge in [-0.1, -0.05) is 0 Å². The number of hydrogen-bond acceptors (Lipinski definition) is 6. The smallest absolute Gasteiger partial charge is 0.309 e. The molecular formula is C10H14N2O6. The Morgan fingerprint density at radius 1 is 1.44 bits per heavy atom. The number of aliphatic hydroxyl groups is 3. The number of carboxylic acid groups (broad SMARTS) is 1. The molecule has 1 aromatic heterocycles. The van der Waals surface area contributed by atoms with Crippen LogP contribution in [0.2, 0.25) is 0 Å². The molecule has 1 aliphatic heterocycles. The van der Waals surface area contributed by atoms with Crippen molar-refractivity contribution in [3.8, 4) is 0 Å². The number of hydrogen-bond donors (Lipinski definition) is 4. The zero-order valence-electron chi connectivity index (χ0n) is 9.38. The number of aliphatic carboxylic acids is 1. The van der Waals surface area contributed by atoms with Crippen molar-refractivity contribution in [1.29, 1.82) is 0 Å². The Balaban J connectivity index is 2.12. The fraction of sp³-hybridized carbons (Fsp3) is 0.600. The van der Waals surface area contributed by atoms with Crippen LogP contribution in [0.25, 0.3) is 0 Å². The molecule has 1 aromatic rings. The van der Waals surface area contributed by atoms with Gasteiger partial charge in [-0.05, 0) is 0 Å². The minimum atomic E-state index is -1.20. The van der Waals surface area contributed by atoms with E-state index in [2.05, 4.69) is 4.98 Å². The number of rotatable bonds is 4. The third kappa shape index (κ3) is 2.36. The molecule has 0 bridgehead atoms. The van der Waals surface area contributed by atoms with Crippen molar-refractivity contribution in [1.82, 2.24) is 9.55 Å². The molecule has 4 N–H and O–H groups in total. The van der Waals surface area contributed by atoms with E-state index in [-0.39, 0.29) is 6.42 Å². The van der Waals surface area contributed by atoms with E-state index in [1.165, 1.54) is 17.1 Å². The minimum absolute atomic E-state index is 0.234. The Labute approximate surface area is 102 Å². The first-order chi connectivity index (χ1) is 8.52. The molecule has 100 valence electrons. The van der Waals surface area contributed by atoms with Crippen LogP contribution in [0, 0.1) is 0 Å². The van der Waals surface area contributed by atoms with Crippen molar-refractivity contribution in [3.05, 3.63) is 18.2 Å². The fourth-order valence-corrected chi connectivity index (χ4v) is 1.89. The van der Waals surface area contributed by atoms with E-state index >= 15 is 0 Å². The number of aromatic nitrogens is 2. The van der Waals surface area contributed by atoms with Gasteiger partial charge in [0.1, 0.15) is 18.3 Å². The predicted octanol–water partition coefficient (Wildman–Crippen LogP) is -1.88. The molecular weight excluding hydrogens is 244 g/mol. The molecule has 1 saturated heterocycles. The Bertz CT molecular complexity index is 434. The van der Waals surface area contributed by atoms with Crippen LogP contribution in [0.15, 0.2) is 12.5 Å². The van der Waals surface area contributed by atoms with Crippen LogP contribution in [0.4, 0.5) is 0 Å². The number of carboxylic acids is 1. The highest BCUT2D eigenvalue weighted by molar-refractivity contribution is 5.69. The second kappa shape index (κ2) is 5.02. The van der Waals surface area contributed by atoms with E-state index in [9.17, 15) is 15.0 Å². The molecule has 1 fully saturated rings. The normalized spacial score (nSPS) is 31.7. The van der Waals surface area contributed by atoms with Crippen LogP contribution in [-0.4, -0.2) is 60.9 Å². The van der Waals surface area contributed by atoms with E-state index in [0.717, 1.165) is 0 Å². The SMILES string of the molecule is O=C(O)Cc1cn([C@@H]2O[C@H](CO)[C@@H](O)[C@H]2O)cn1. The minimum Gasteiger partial charge on any atom is -0.481 e. The van der Waals surface area contributed by atoms with Crippen LogP contribution >= 0.6 is 0 Å². The summed E-state index contributed by atoms with van der Waals surface area (Å²) in [5.41, 5.74) is 0.320. The van der Waals surface area contributed by atoms with Crippen molar-refractivity contribution in [2.24, 2.45) is 0 Å². The van der Waals surface area contributed by atoms with Gasteiger partial charge in [-0.15, -0.1) is 0 Å². The summed E-state index contributed by atoms with van der Waals surface area (Å²) in [7, 11) is 0. The second-order valence-corrected chi connectivity index (χ2v) is 4.11. The molecule has 2 rings (SSSR count). The molecule has 0 aliphatic carbocycles. The summed E-state index contributed by atoms with van der Waals surface area (Å²) in [6.45, 7) is -0.411. The van der Waals surface area contributed by atoms with Gasteiger partial charge in [-0.25, -0.2) is 4.98 Å². The van der Waals surface area contributed by atoms with Crippen molar-refractivity contribution in [3.63, 3.8) is 0 Å². The fourth-order valence-electron chi connectivity index (χ4n) is 1.89. The lowest BCUT2D eigenvalue weighted by atomic mass is 10.1. The molecule has 0 saturated carbocycles. The van der Waals surface area contributed by atoms with Gasteiger partial charge in [-0.2, -0.15) is 0 Å². The average molecular weight is 258 g/mol. The Hall–Kier alpha value is -1.48. The molecule has 2 heterocycles. The van der Waals surface area contributed by atoms with Gasteiger partial charge in [0, 0.05) is 6.20 Å². The van der Waals surface area contributed by atoms with Crippen molar-refractivity contribution in [2.75, 3.05) is 6.61 Å². The third-order valence-electron chi connectivity index (χ3n) is 2.80. The maximum atomic E-state index is 10.5. The predicted molar refractivity (Wildman–Crippen MR) is 56.6 cm³/mol. The van der Waals surface area contributed by atoms with Gasteiger partial charge in [0.25, 0.3) is 0 Å². The molecule has 1 aliphatic rings. The lowest BCUT2D eigenvalue weighted by Crippen LogP contribution is -2.33. The highest BCUT2D eigenvalue weighted by Gasteiger charge is 2.43. The Kier molecular flexibility index (Phi) is 3.62. The van der Waals surface area contributed by atoms with Crippen LogP contribution in [0.1, 0.15) is 11.9 Å². The molecule has 0 spiro atoms. The summed E-state index contributed by atoms with van der Waals surface area (Å²) in [4.78, 5) is 14.4. The Morgan fingerprint density at radius 2 is 2.17 bits per heavy atom. The monoisotopic (exact) mass is 258 g/mol. The quantitative estimate of drug-likeness (QED) is 0.498. The third-order valence-corrected chi connectivity index (χ3v) is 2.80. The number of imidazole rings is 1. The van der Waals surface area contributed by atoms with Crippen LogP contribution < -0.4 is 0 Å². The zero-order valence-corrected chi connectivity index (χ0v) is 9.38. The van der Waals surface area contributed by atoms with Crippen molar-refractivity contribution < 1.29 is 30.0 Å². The highest BCUT2D eigenvalue weighted by Crippen LogP contribution is 2.29. The van der Waals surface area contributed by atoms with E-state index in [0.29, 0.717) is 5.69 Å². The van der Waals surface area contributed by atoms with Gasteiger partial charge < -0.3 is 29.7 Å². The van der Waals surface area contributed by atoms with Crippen LogP contribution in [-0.2, 0) is 16.0 Å². The second-order valence-electron chi connectivity index (χ2n) is 4.11. The average Bonchev–Trinajstić information content (AvgIpc) is 2.86. The summed E-state index contributed by atoms with van der Waals surface area (Å²) in [6, 6.07) is 0. The molecule has 8 heteroatoms. The van der Waals surface area contributed by atoms with Gasteiger partial charge in [0.05, 0.1) is 25.0 Å². The number of ether oxygens (including phenoxy) is 1. The standard InChI is InChI=1S/C10H14N2O6/c13-3-6-8(16)9(17)10(18-6)12-2-5(11-4-12)1-7(14)15/h2,4,6,8-10,13,16-17H,1,3H2,(H,14,15)/t6-,8-,9-,10-/m1/s1. The van der Waals surface area contributed by atoms with Crippen molar-refractivity contribution in [2.45, 2.75) is 31.0 Å². The molecule has 8 nitrogen and oxygen atoms in total. The zero-order chi connectivity index (χ0) is 13.3. The first-order valence-corrected chi connectivity index (χ1v) is 5.39. The van der Waals surface area contributed by atoms with Gasteiger partial charge >= 0.3 is 5.97 Å². The summed E-state index contributed by atoms with van der Waals surface area (Å²) in [5, 5.41) is 36.9. The topological polar surface area (TPSA) is 125 Å². The largest absolute Gasteiger partial charge is 0.481 e. The van der Waals surface area contributed by atoms with Crippen LogP contribution in [0.3, 0.4) is 0 Å². The highest BCUT2D eigenvalue weighted by atomic mass is 16.6. The lowest BCUT2D eigenvalue weighted by Gasteiger charge is -2.15. The molecule has 0 unspecified atom stereocenters. The maximum absolute atomic E-state index is 10.5. The summed E-state index contributed by atoms with van der Waals surface area (Å²) in [5.74, 6) is -1.01. The van der Waals surface area contributed by atoms with Gasteiger partial charge in [-0.3, -0.25) is 4.79 Å². The first-order valence-electron chi connectivity index (χ1n) is 5.39. The molecule has 0 aromatic carbocycles. The van der Waals surface area contributed by atoms with E-state index in [1.807, 2.05) is 0 Å². The first kappa shape index (κ1) is 13.0. The lowest BCUT2D eigenvalue weighted by molar-refractivity contribution is -0.136. The van der Waals surface area contributed by atoms with Gasteiger partial charge in [0.15, 0.2) is 6.23 Å². The molecule has 18 heavy (non-hydrogen) atoms. The summed E-state index contributed by atoms with van der Waals surface area (Å²) < 4.78 is 6.64. The Morgan fingerprint density at radius 3 is 2.72 bits per heavy atom. The summed E-state index contributed by atoms with van der Waals surface area (Å²) >= 11 is 0. The number of aliphatic hydroxyl groups excluding tert-OH is 3. The molecule has 4 atom stereocenters. The number of carbonyl (C=O) groups is 1. The van der Waals surface area contributed by atoms with Gasteiger partial charge in [0.2, 0.25) is 0 Å². The number of nitrogens with zero attached hydrogens (tertiary/aromatic N) is 2. The summed E-state index contributed by atoms with van der Waals surface area (Å²) in [6.07, 6.45) is -1.63. The van der Waals surface area contributed by atoms with Crippen molar-refractivity contribution >= 4 is 5.97 Å². The molecule has 0 amide bonds. The molecule has 0 radical (unpaired) electrons. The van der Waals surface area contributed by atoms with E-state index in [4.69, 9.17) is 14.9 Å². The van der Waals surface area contributed by atoms with E-state index < -0.39 is 37.1 Å². The van der Waals surface area contributed by atoms with E-state index in [1.54, 1.807) is 0 Å². The maximum Gasteiger partial charge on any atom is 0.309 e.